The zero-order valence-electron chi connectivity index (χ0n) is 39.7. The summed E-state index contributed by atoms with van der Waals surface area (Å²) in [7, 11) is 0. The van der Waals surface area contributed by atoms with Crippen LogP contribution in [0.4, 0.5) is 0 Å². The lowest BCUT2D eigenvalue weighted by atomic mass is 10.0. The van der Waals surface area contributed by atoms with Gasteiger partial charge in [0.2, 0.25) is 0 Å². The first kappa shape index (κ1) is 57.4. The fourth-order valence-corrected chi connectivity index (χ4v) is 7.26. The molecule has 0 bridgehead atoms. The largest absolute Gasteiger partial charge is 0.462 e. The number of unbranched alkanes of at least 4 members (excludes halogenated alkanes) is 29. The summed E-state index contributed by atoms with van der Waals surface area (Å²) in [4.78, 5) is 37.9. The number of allylic oxidation sites excluding steroid dienone is 8. The van der Waals surface area contributed by atoms with Crippen LogP contribution in [0, 0.1) is 0 Å². The quantitative estimate of drug-likeness (QED) is 0.0200. The van der Waals surface area contributed by atoms with Crippen LogP contribution in [0.5, 0.6) is 0 Å². The second-order valence-electron chi connectivity index (χ2n) is 17.1. The van der Waals surface area contributed by atoms with Crippen LogP contribution in [-0.2, 0) is 28.6 Å². The number of ether oxygens (including phenoxy) is 3. The van der Waals surface area contributed by atoms with Gasteiger partial charge in [0.25, 0.3) is 0 Å². The van der Waals surface area contributed by atoms with E-state index in [1.807, 2.05) is 0 Å². The van der Waals surface area contributed by atoms with Crippen LogP contribution >= 0.6 is 0 Å². The number of rotatable bonds is 46. The minimum absolute atomic E-state index is 0.0820. The highest BCUT2D eigenvalue weighted by atomic mass is 16.6. The molecule has 0 saturated heterocycles. The average Bonchev–Trinajstić information content (AvgIpc) is 3.24. The van der Waals surface area contributed by atoms with E-state index in [2.05, 4.69) is 69.4 Å². The minimum atomic E-state index is -0.780. The fourth-order valence-electron chi connectivity index (χ4n) is 7.26. The minimum Gasteiger partial charge on any atom is -0.462 e. The van der Waals surface area contributed by atoms with Crippen molar-refractivity contribution >= 4 is 17.9 Å². The summed E-state index contributed by atoms with van der Waals surface area (Å²) in [5.74, 6) is -0.901. The highest BCUT2D eigenvalue weighted by molar-refractivity contribution is 5.71. The summed E-state index contributed by atoms with van der Waals surface area (Å²) in [5, 5.41) is 0. The molecule has 0 aromatic rings. The fraction of sp³-hybridized carbons (Fsp3) is 0.796. The molecule has 0 N–H and O–H groups in total. The second kappa shape index (κ2) is 49.0. The number of esters is 3. The summed E-state index contributed by atoms with van der Waals surface area (Å²) in [6, 6.07) is 0. The van der Waals surface area contributed by atoms with E-state index in [1.165, 1.54) is 135 Å². The Labute approximate surface area is 371 Å². The average molecular weight is 841 g/mol. The van der Waals surface area contributed by atoms with Crippen molar-refractivity contribution in [1.29, 1.82) is 0 Å². The van der Waals surface area contributed by atoms with Gasteiger partial charge in [0.15, 0.2) is 6.10 Å². The highest BCUT2D eigenvalue weighted by Crippen LogP contribution is 2.15. The third-order valence-electron chi connectivity index (χ3n) is 11.1. The molecule has 0 aliphatic carbocycles. The summed E-state index contributed by atoms with van der Waals surface area (Å²) in [6.07, 6.45) is 58.0. The molecule has 6 nitrogen and oxygen atoms in total. The van der Waals surface area contributed by atoms with Crippen molar-refractivity contribution in [2.45, 2.75) is 264 Å². The van der Waals surface area contributed by atoms with Crippen LogP contribution in [-0.4, -0.2) is 37.2 Å². The van der Waals surface area contributed by atoms with Gasteiger partial charge in [-0.3, -0.25) is 14.4 Å². The molecular weight excluding hydrogens is 745 g/mol. The molecule has 0 aromatic carbocycles. The Morgan fingerprint density at radius 3 is 1.07 bits per heavy atom. The zero-order chi connectivity index (χ0) is 43.7. The molecule has 0 aromatic heterocycles. The van der Waals surface area contributed by atoms with Crippen LogP contribution in [0.25, 0.3) is 0 Å². The van der Waals surface area contributed by atoms with Crippen molar-refractivity contribution in [3.63, 3.8) is 0 Å². The van der Waals surface area contributed by atoms with Crippen LogP contribution in [0.1, 0.15) is 258 Å². The van der Waals surface area contributed by atoms with E-state index in [0.717, 1.165) is 83.5 Å². The van der Waals surface area contributed by atoms with Crippen LogP contribution in [0.2, 0.25) is 0 Å². The summed E-state index contributed by atoms with van der Waals surface area (Å²) >= 11 is 0. The first-order valence-corrected chi connectivity index (χ1v) is 25.7. The van der Waals surface area contributed by atoms with Crippen molar-refractivity contribution in [2.75, 3.05) is 13.2 Å². The van der Waals surface area contributed by atoms with Crippen LogP contribution in [0.15, 0.2) is 48.6 Å². The van der Waals surface area contributed by atoms with E-state index >= 15 is 0 Å². The van der Waals surface area contributed by atoms with Gasteiger partial charge in [-0.15, -0.1) is 0 Å². The molecule has 60 heavy (non-hydrogen) atoms. The van der Waals surface area contributed by atoms with E-state index in [4.69, 9.17) is 14.2 Å². The Bertz CT molecular complexity index is 1060. The zero-order valence-corrected chi connectivity index (χ0v) is 39.7. The van der Waals surface area contributed by atoms with Gasteiger partial charge >= 0.3 is 17.9 Å². The Hall–Kier alpha value is -2.63. The van der Waals surface area contributed by atoms with Gasteiger partial charge < -0.3 is 14.2 Å². The first-order chi connectivity index (χ1) is 29.5. The van der Waals surface area contributed by atoms with E-state index in [1.54, 1.807) is 0 Å². The molecule has 0 saturated carbocycles. The molecule has 0 aliphatic rings. The lowest BCUT2D eigenvalue weighted by Crippen LogP contribution is -2.30. The lowest BCUT2D eigenvalue weighted by Gasteiger charge is -2.18. The third-order valence-corrected chi connectivity index (χ3v) is 11.1. The summed E-state index contributed by atoms with van der Waals surface area (Å²) < 4.78 is 16.8. The van der Waals surface area contributed by atoms with Gasteiger partial charge in [0, 0.05) is 19.3 Å². The molecule has 0 radical (unpaired) electrons. The molecule has 0 heterocycles. The van der Waals surface area contributed by atoms with Gasteiger partial charge in [0.1, 0.15) is 13.2 Å². The normalized spacial score (nSPS) is 12.4. The molecule has 0 fully saturated rings. The standard InChI is InChI=1S/C54H96O6/c1-4-7-10-13-16-19-22-25-27-30-32-35-38-41-44-47-53(56)59-50-51(49-58-52(55)46-43-40-37-34-31-28-24-21-18-15-12-9-6-3)60-54(57)48-45-42-39-36-33-29-26-23-20-17-14-11-8-5-2/h7,10,13,16,19,22,28,31,51H,4-6,8-9,11-12,14-15,17-18,20-21,23-27,29-30,32-50H2,1-3H3/b10-7-,16-13-,22-19-,31-28-. The Kier molecular flexibility index (Phi) is 46.9. The van der Waals surface area contributed by atoms with E-state index in [0.29, 0.717) is 19.3 Å². The molecule has 348 valence electrons. The van der Waals surface area contributed by atoms with Gasteiger partial charge in [-0.25, -0.2) is 0 Å². The molecule has 1 unspecified atom stereocenters. The number of carbonyl (C=O) groups excluding carboxylic acids is 3. The van der Waals surface area contributed by atoms with E-state index < -0.39 is 6.10 Å². The van der Waals surface area contributed by atoms with Crippen molar-refractivity contribution in [3.05, 3.63) is 48.6 Å². The van der Waals surface area contributed by atoms with Gasteiger partial charge in [-0.05, 0) is 64.2 Å². The molecule has 6 heteroatoms. The van der Waals surface area contributed by atoms with Crippen LogP contribution in [0.3, 0.4) is 0 Å². The molecule has 0 rings (SSSR count). The number of hydrogen-bond donors (Lipinski definition) is 0. The smallest absolute Gasteiger partial charge is 0.306 e. The topological polar surface area (TPSA) is 78.9 Å². The number of hydrogen-bond acceptors (Lipinski definition) is 6. The molecule has 0 amide bonds. The molecule has 0 aliphatic heterocycles. The third kappa shape index (κ3) is 46.4. The SMILES string of the molecule is CC\C=C/C=C\C=C/CCCCCCCCCC(=O)OCC(COC(=O)CCCCC/C=C\CCCCCCCC)OC(=O)CCCCCCCCCCCCCCCC. The van der Waals surface area contributed by atoms with Crippen molar-refractivity contribution in [2.24, 2.45) is 0 Å². The second-order valence-corrected chi connectivity index (χ2v) is 17.1. The molecule has 0 spiro atoms. The maximum Gasteiger partial charge on any atom is 0.306 e. The van der Waals surface area contributed by atoms with Gasteiger partial charge in [-0.1, -0.05) is 223 Å². The van der Waals surface area contributed by atoms with Gasteiger partial charge in [0.05, 0.1) is 0 Å². The van der Waals surface area contributed by atoms with E-state index in [-0.39, 0.29) is 31.1 Å². The van der Waals surface area contributed by atoms with Crippen molar-refractivity contribution in [3.8, 4) is 0 Å². The maximum atomic E-state index is 12.8. The highest BCUT2D eigenvalue weighted by Gasteiger charge is 2.19. The maximum absolute atomic E-state index is 12.8. The Morgan fingerprint density at radius 1 is 0.350 bits per heavy atom. The van der Waals surface area contributed by atoms with E-state index in [9.17, 15) is 14.4 Å². The van der Waals surface area contributed by atoms with Crippen molar-refractivity contribution < 1.29 is 28.6 Å². The predicted octanol–water partition coefficient (Wildman–Crippen LogP) is 16.7. The predicted molar refractivity (Wildman–Crippen MR) is 256 cm³/mol. The van der Waals surface area contributed by atoms with Crippen LogP contribution < -0.4 is 0 Å². The molecular formula is C54H96O6. The lowest BCUT2D eigenvalue weighted by molar-refractivity contribution is -0.167. The summed E-state index contributed by atoms with van der Waals surface area (Å²) in [5.41, 5.74) is 0. The molecule has 1 atom stereocenters. The van der Waals surface area contributed by atoms with Crippen molar-refractivity contribution in [1.82, 2.24) is 0 Å². The first-order valence-electron chi connectivity index (χ1n) is 25.7. The summed E-state index contributed by atoms with van der Waals surface area (Å²) in [6.45, 7) is 6.49. The number of carbonyl (C=O) groups is 3. The van der Waals surface area contributed by atoms with Gasteiger partial charge in [-0.2, -0.15) is 0 Å². The Morgan fingerprint density at radius 2 is 0.667 bits per heavy atom. The Balaban J connectivity index is 4.39. The monoisotopic (exact) mass is 841 g/mol.